The molecule has 1 N–H and O–H groups in total. The van der Waals surface area contributed by atoms with Gasteiger partial charge < -0.3 is 24.4 Å². The van der Waals surface area contributed by atoms with Crippen LogP contribution in [0.1, 0.15) is 59.8 Å². The highest BCUT2D eigenvalue weighted by Gasteiger charge is 2.26. The van der Waals surface area contributed by atoms with Crippen molar-refractivity contribution < 1.29 is 23.8 Å². The van der Waals surface area contributed by atoms with Crippen molar-refractivity contribution in [1.29, 1.82) is 0 Å². The lowest BCUT2D eigenvalue weighted by atomic mass is 10.00. The van der Waals surface area contributed by atoms with Crippen molar-refractivity contribution in [3.05, 3.63) is 106 Å². The molecule has 3 heterocycles. The zero-order valence-corrected chi connectivity index (χ0v) is 29.9. The zero-order valence-electron chi connectivity index (χ0n) is 29.1. The quantitative estimate of drug-likeness (QED) is 0.134. The highest BCUT2D eigenvalue weighted by molar-refractivity contribution is 7.12. The van der Waals surface area contributed by atoms with E-state index in [0.717, 1.165) is 85.9 Å². The van der Waals surface area contributed by atoms with Crippen molar-refractivity contribution in [2.24, 2.45) is 0 Å². The third kappa shape index (κ3) is 9.28. The first-order valence-corrected chi connectivity index (χ1v) is 18.6. The fourth-order valence-electron chi connectivity index (χ4n) is 6.34. The maximum atomic E-state index is 13.7. The number of thiophene rings is 1. The first-order valence-electron chi connectivity index (χ1n) is 17.7. The predicted molar refractivity (Wildman–Crippen MR) is 202 cm³/mol. The van der Waals surface area contributed by atoms with Crippen LogP contribution in [-0.2, 0) is 20.8 Å². The molecule has 262 valence electrons. The van der Waals surface area contributed by atoms with Gasteiger partial charge in [-0.2, -0.15) is 0 Å². The van der Waals surface area contributed by atoms with Gasteiger partial charge in [0.15, 0.2) is 0 Å². The summed E-state index contributed by atoms with van der Waals surface area (Å²) in [5.74, 6) is 0.550. The molecule has 8 nitrogen and oxygen atoms in total. The number of ether oxygens (including phenoxy) is 3. The molecule has 1 unspecified atom stereocenters. The van der Waals surface area contributed by atoms with Crippen molar-refractivity contribution in [2.75, 3.05) is 56.8 Å². The van der Waals surface area contributed by atoms with Gasteiger partial charge in [-0.15, -0.1) is 11.3 Å². The standard InChI is InChI=1S/C41H47N3O5S/c1-3-4-21-47-23-24-49-37-16-11-31(12-17-37)32-13-18-38-34(26-32)27-33(19-20-44(38)41(46)39-8-6-25-50-39)40(45)42-35-14-9-30(10-15-35)28-43(2)36-7-5-22-48-29-36/h6,8-18,25-27,36H,3-5,7,19-24,28-29H2,1-2H3,(H,42,45). The van der Waals surface area contributed by atoms with E-state index in [0.29, 0.717) is 42.7 Å². The van der Waals surface area contributed by atoms with Crippen LogP contribution in [0.5, 0.6) is 5.75 Å². The molecule has 1 atom stereocenters. The topological polar surface area (TPSA) is 80.3 Å². The summed E-state index contributed by atoms with van der Waals surface area (Å²) < 4.78 is 17.1. The number of unbranched alkanes of at least 4 members (excludes halogenated alkanes) is 1. The third-order valence-electron chi connectivity index (χ3n) is 9.25. The smallest absolute Gasteiger partial charge is 0.268 e. The number of carbonyl (C=O) groups is 2. The summed E-state index contributed by atoms with van der Waals surface area (Å²) in [6.07, 6.45) is 6.77. The first kappa shape index (κ1) is 35.5. The summed E-state index contributed by atoms with van der Waals surface area (Å²) >= 11 is 1.42. The Labute approximate surface area is 299 Å². The van der Waals surface area contributed by atoms with Gasteiger partial charge in [-0.1, -0.05) is 49.7 Å². The molecule has 2 amide bonds. The van der Waals surface area contributed by atoms with Gasteiger partial charge in [-0.25, -0.2) is 0 Å². The fourth-order valence-corrected chi connectivity index (χ4v) is 7.01. The molecule has 0 radical (unpaired) electrons. The molecular formula is C41H47N3O5S. The van der Waals surface area contributed by atoms with E-state index in [2.05, 4.69) is 42.4 Å². The van der Waals surface area contributed by atoms with Crippen LogP contribution in [0.15, 0.2) is 89.8 Å². The Morgan fingerprint density at radius 1 is 1.00 bits per heavy atom. The van der Waals surface area contributed by atoms with Crippen molar-refractivity contribution in [3.8, 4) is 16.9 Å². The summed E-state index contributed by atoms with van der Waals surface area (Å²) in [6, 6.07) is 26.3. The molecule has 0 spiro atoms. The Morgan fingerprint density at radius 2 is 1.82 bits per heavy atom. The number of nitrogens with one attached hydrogen (secondary N) is 1. The molecule has 1 aromatic heterocycles. The summed E-state index contributed by atoms with van der Waals surface area (Å²) in [7, 11) is 2.14. The van der Waals surface area contributed by atoms with Crippen LogP contribution in [0.25, 0.3) is 17.2 Å². The van der Waals surface area contributed by atoms with Crippen molar-refractivity contribution >= 4 is 40.6 Å². The number of nitrogens with zero attached hydrogens (tertiary/aromatic N) is 2. The molecule has 1 saturated heterocycles. The number of hydrogen-bond acceptors (Lipinski definition) is 7. The summed E-state index contributed by atoms with van der Waals surface area (Å²) in [4.78, 5) is 32.2. The molecule has 50 heavy (non-hydrogen) atoms. The summed E-state index contributed by atoms with van der Waals surface area (Å²) in [5, 5.41) is 5.01. The van der Waals surface area contributed by atoms with Gasteiger partial charge in [0.2, 0.25) is 0 Å². The minimum absolute atomic E-state index is 0.0652. The second kappa shape index (κ2) is 17.6. The van der Waals surface area contributed by atoms with E-state index in [1.807, 2.05) is 72.1 Å². The molecule has 9 heteroatoms. The molecule has 0 aliphatic carbocycles. The van der Waals surface area contributed by atoms with Crippen LogP contribution < -0.4 is 15.0 Å². The van der Waals surface area contributed by atoms with Gasteiger partial charge in [-0.3, -0.25) is 14.5 Å². The van der Waals surface area contributed by atoms with Crippen molar-refractivity contribution in [2.45, 2.75) is 51.6 Å². The molecule has 0 bridgehead atoms. The largest absolute Gasteiger partial charge is 0.491 e. The van der Waals surface area contributed by atoms with Gasteiger partial charge in [0, 0.05) is 43.6 Å². The van der Waals surface area contributed by atoms with E-state index in [-0.39, 0.29) is 11.8 Å². The second-order valence-corrected chi connectivity index (χ2v) is 13.9. The lowest BCUT2D eigenvalue weighted by Crippen LogP contribution is -2.37. The van der Waals surface area contributed by atoms with E-state index < -0.39 is 0 Å². The second-order valence-electron chi connectivity index (χ2n) is 12.9. The van der Waals surface area contributed by atoms with Crippen LogP contribution in [-0.4, -0.2) is 69.4 Å². The predicted octanol–water partition coefficient (Wildman–Crippen LogP) is 8.29. The molecule has 6 rings (SSSR count). The number of hydrogen-bond donors (Lipinski definition) is 1. The van der Waals surface area contributed by atoms with E-state index in [1.54, 1.807) is 4.90 Å². The van der Waals surface area contributed by atoms with Gasteiger partial charge in [-0.05, 0) is 109 Å². The van der Waals surface area contributed by atoms with Crippen molar-refractivity contribution in [3.63, 3.8) is 0 Å². The monoisotopic (exact) mass is 693 g/mol. The highest BCUT2D eigenvalue weighted by atomic mass is 32.1. The lowest BCUT2D eigenvalue weighted by Gasteiger charge is -2.31. The minimum atomic E-state index is -0.170. The Bertz CT molecular complexity index is 1730. The molecule has 2 aliphatic rings. The van der Waals surface area contributed by atoms with Crippen LogP contribution in [0.2, 0.25) is 0 Å². The zero-order chi connectivity index (χ0) is 34.7. The van der Waals surface area contributed by atoms with Crippen LogP contribution in [0, 0.1) is 0 Å². The molecule has 3 aromatic carbocycles. The SMILES string of the molecule is CCCCOCCOc1ccc(-c2ccc3c(c2)C=C(C(=O)Nc2ccc(CN(C)C4CCCOC4)cc2)CCN3C(=O)c2cccs2)cc1. The average molecular weight is 694 g/mol. The Morgan fingerprint density at radius 3 is 2.56 bits per heavy atom. The van der Waals surface area contributed by atoms with Crippen LogP contribution >= 0.6 is 11.3 Å². The van der Waals surface area contributed by atoms with Gasteiger partial charge >= 0.3 is 0 Å². The van der Waals surface area contributed by atoms with E-state index >= 15 is 0 Å². The van der Waals surface area contributed by atoms with Gasteiger partial charge in [0.05, 0.1) is 23.8 Å². The number of amides is 2. The van der Waals surface area contributed by atoms with Crippen LogP contribution in [0.3, 0.4) is 0 Å². The number of rotatable bonds is 14. The molecule has 2 aliphatic heterocycles. The van der Waals surface area contributed by atoms with E-state index in [1.165, 1.54) is 16.9 Å². The Balaban J connectivity index is 1.17. The minimum Gasteiger partial charge on any atom is -0.491 e. The number of fused-ring (bicyclic) bond motifs is 1. The Kier molecular flexibility index (Phi) is 12.5. The van der Waals surface area contributed by atoms with Crippen LogP contribution in [0.4, 0.5) is 11.4 Å². The molecule has 0 saturated carbocycles. The Hall–Kier alpha value is -4.28. The van der Waals surface area contributed by atoms with Gasteiger partial charge in [0.1, 0.15) is 12.4 Å². The number of carbonyl (C=O) groups excluding carboxylic acids is 2. The number of benzene rings is 3. The van der Waals surface area contributed by atoms with Gasteiger partial charge in [0.25, 0.3) is 11.8 Å². The maximum Gasteiger partial charge on any atom is 0.268 e. The van der Waals surface area contributed by atoms with E-state index in [4.69, 9.17) is 14.2 Å². The maximum absolute atomic E-state index is 13.7. The summed E-state index contributed by atoms with van der Waals surface area (Å²) in [5.41, 5.74) is 6.16. The molecule has 4 aromatic rings. The molecule has 1 fully saturated rings. The highest BCUT2D eigenvalue weighted by Crippen LogP contribution is 2.34. The third-order valence-corrected chi connectivity index (χ3v) is 10.1. The summed E-state index contributed by atoms with van der Waals surface area (Å²) in [6.45, 7) is 6.82. The number of likely N-dealkylation sites (N-methyl/N-ethyl adjacent to an activating group) is 1. The lowest BCUT2D eigenvalue weighted by molar-refractivity contribution is -0.112. The van der Waals surface area contributed by atoms with Crippen molar-refractivity contribution in [1.82, 2.24) is 4.90 Å². The van der Waals surface area contributed by atoms with E-state index in [9.17, 15) is 9.59 Å². The first-order chi connectivity index (χ1) is 24.5. The number of anilines is 2. The fraction of sp³-hybridized carbons (Fsp3) is 0.366. The molecular weight excluding hydrogens is 647 g/mol. The normalized spacial score (nSPS) is 16.0. The average Bonchev–Trinajstić information content (AvgIpc) is 3.62.